The van der Waals surface area contributed by atoms with Crippen LogP contribution >= 0.6 is 0 Å². The summed E-state index contributed by atoms with van der Waals surface area (Å²) in [7, 11) is 0. The average molecular weight is 185 g/mol. The van der Waals surface area contributed by atoms with Crippen LogP contribution in [-0.2, 0) is 0 Å². The minimum Gasteiger partial charge on any atom is -0.314 e. The number of nitrogens with one attached hydrogen (secondary N) is 1. The van der Waals surface area contributed by atoms with E-state index in [-0.39, 0.29) is 0 Å². The van der Waals surface area contributed by atoms with Crippen molar-refractivity contribution in [1.29, 1.82) is 0 Å². The average Bonchev–Trinajstić information content (AvgIpc) is 2.01. The molecule has 80 valence electrons. The highest BCUT2D eigenvalue weighted by Gasteiger charge is 2.11. The highest BCUT2D eigenvalue weighted by atomic mass is 14.9. The zero-order valence-electron chi connectivity index (χ0n) is 10.1. The Hall–Kier alpha value is -0.0400. The van der Waals surface area contributed by atoms with E-state index in [4.69, 9.17) is 0 Å². The summed E-state index contributed by atoms with van der Waals surface area (Å²) in [4.78, 5) is 0. The molecule has 0 aromatic carbocycles. The molecule has 0 heterocycles. The maximum atomic E-state index is 3.52. The zero-order chi connectivity index (χ0) is 10.3. The van der Waals surface area contributed by atoms with Crippen molar-refractivity contribution in [2.75, 3.05) is 6.54 Å². The molecule has 1 heteroatoms. The van der Waals surface area contributed by atoms with Crippen molar-refractivity contribution in [2.45, 2.75) is 66.3 Å². The van der Waals surface area contributed by atoms with Gasteiger partial charge in [-0.25, -0.2) is 0 Å². The van der Waals surface area contributed by atoms with Crippen LogP contribution in [0.3, 0.4) is 0 Å². The Labute approximate surface area is 84.3 Å². The summed E-state index contributed by atoms with van der Waals surface area (Å²) in [6, 6.07) is 0.743. The number of rotatable bonds is 6. The molecule has 0 spiro atoms. The van der Waals surface area contributed by atoms with Crippen molar-refractivity contribution in [1.82, 2.24) is 5.32 Å². The van der Waals surface area contributed by atoms with E-state index in [2.05, 4.69) is 39.9 Å². The molecule has 0 aromatic heterocycles. The second-order valence-corrected chi connectivity index (χ2v) is 5.12. The Morgan fingerprint density at radius 1 is 1.15 bits per heavy atom. The van der Waals surface area contributed by atoms with Crippen molar-refractivity contribution < 1.29 is 0 Å². The molecule has 1 atom stereocenters. The SMILES string of the molecule is CCNC(CC)CCCC(C)(C)C. The smallest absolute Gasteiger partial charge is 0.00643 e. The maximum Gasteiger partial charge on any atom is 0.00643 e. The van der Waals surface area contributed by atoms with Crippen LogP contribution in [0.2, 0.25) is 0 Å². The van der Waals surface area contributed by atoms with E-state index in [0.29, 0.717) is 5.41 Å². The summed E-state index contributed by atoms with van der Waals surface area (Å²) in [5.41, 5.74) is 0.504. The highest BCUT2D eigenvalue weighted by molar-refractivity contribution is 4.67. The fourth-order valence-electron chi connectivity index (χ4n) is 1.62. The summed E-state index contributed by atoms with van der Waals surface area (Å²) < 4.78 is 0. The molecule has 0 bridgehead atoms. The van der Waals surface area contributed by atoms with Gasteiger partial charge < -0.3 is 5.32 Å². The molecule has 0 aliphatic carbocycles. The van der Waals surface area contributed by atoms with Crippen molar-refractivity contribution in [3.63, 3.8) is 0 Å². The molecule has 0 rings (SSSR count). The third-order valence-electron chi connectivity index (χ3n) is 2.46. The predicted octanol–water partition coefficient (Wildman–Crippen LogP) is 3.59. The van der Waals surface area contributed by atoms with Crippen molar-refractivity contribution in [3.8, 4) is 0 Å². The van der Waals surface area contributed by atoms with Crippen LogP contribution in [0.1, 0.15) is 60.3 Å². The Morgan fingerprint density at radius 2 is 1.77 bits per heavy atom. The number of hydrogen-bond donors (Lipinski definition) is 1. The topological polar surface area (TPSA) is 12.0 Å². The maximum absolute atomic E-state index is 3.52. The van der Waals surface area contributed by atoms with Gasteiger partial charge in [-0.15, -0.1) is 0 Å². The van der Waals surface area contributed by atoms with Crippen LogP contribution in [0.15, 0.2) is 0 Å². The van der Waals surface area contributed by atoms with Gasteiger partial charge >= 0.3 is 0 Å². The van der Waals surface area contributed by atoms with Crippen molar-refractivity contribution >= 4 is 0 Å². The van der Waals surface area contributed by atoms with Crippen LogP contribution in [0.4, 0.5) is 0 Å². The van der Waals surface area contributed by atoms with Gasteiger partial charge in [-0.3, -0.25) is 0 Å². The third-order valence-corrected chi connectivity index (χ3v) is 2.46. The predicted molar refractivity (Wildman–Crippen MR) is 61.1 cm³/mol. The summed E-state index contributed by atoms with van der Waals surface area (Å²) >= 11 is 0. The van der Waals surface area contributed by atoms with E-state index in [9.17, 15) is 0 Å². The Kier molecular flexibility index (Phi) is 6.40. The summed E-state index contributed by atoms with van der Waals surface area (Å²) in [6.45, 7) is 12.5. The van der Waals surface area contributed by atoms with Gasteiger partial charge in [-0.05, 0) is 31.2 Å². The molecule has 13 heavy (non-hydrogen) atoms. The van der Waals surface area contributed by atoms with Gasteiger partial charge in [0.05, 0.1) is 0 Å². The Bertz CT molecular complexity index is 113. The minimum absolute atomic E-state index is 0.504. The lowest BCUT2D eigenvalue weighted by molar-refractivity contribution is 0.341. The van der Waals surface area contributed by atoms with E-state index in [0.717, 1.165) is 12.6 Å². The number of hydrogen-bond acceptors (Lipinski definition) is 1. The highest BCUT2D eigenvalue weighted by Crippen LogP contribution is 2.22. The molecule has 0 radical (unpaired) electrons. The second kappa shape index (κ2) is 6.42. The fraction of sp³-hybridized carbons (Fsp3) is 1.00. The standard InChI is InChI=1S/C12H27N/c1-6-11(13-7-2)9-8-10-12(3,4)5/h11,13H,6-10H2,1-5H3. The van der Waals surface area contributed by atoms with E-state index >= 15 is 0 Å². The quantitative estimate of drug-likeness (QED) is 0.667. The summed E-state index contributed by atoms with van der Waals surface area (Å²) in [6.07, 6.45) is 5.30. The Balaban J connectivity index is 3.49. The first kappa shape index (κ1) is 13.0. The zero-order valence-corrected chi connectivity index (χ0v) is 10.1. The van der Waals surface area contributed by atoms with Crippen LogP contribution in [0.5, 0.6) is 0 Å². The van der Waals surface area contributed by atoms with Gasteiger partial charge in [-0.1, -0.05) is 41.0 Å². The van der Waals surface area contributed by atoms with Gasteiger partial charge in [-0.2, -0.15) is 0 Å². The van der Waals surface area contributed by atoms with E-state index < -0.39 is 0 Å². The first-order valence-corrected chi connectivity index (χ1v) is 5.73. The van der Waals surface area contributed by atoms with Crippen LogP contribution in [0.25, 0.3) is 0 Å². The first-order chi connectivity index (χ1) is 5.99. The molecule has 0 aliphatic rings. The lowest BCUT2D eigenvalue weighted by atomic mass is 9.89. The van der Waals surface area contributed by atoms with Gasteiger partial charge in [0, 0.05) is 6.04 Å². The van der Waals surface area contributed by atoms with E-state index in [1.807, 2.05) is 0 Å². The molecule has 0 saturated carbocycles. The molecule has 0 aromatic rings. The van der Waals surface area contributed by atoms with Crippen LogP contribution in [-0.4, -0.2) is 12.6 Å². The molecule has 0 amide bonds. The Morgan fingerprint density at radius 3 is 2.15 bits per heavy atom. The fourth-order valence-corrected chi connectivity index (χ4v) is 1.62. The molecule has 1 unspecified atom stereocenters. The third kappa shape index (κ3) is 8.29. The van der Waals surface area contributed by atoms with Gasteiger partial charge in [0.15, 0.2) is 0 Å². The summed E-state index contributed by atoms with van der Waals surface area (Å²) in [5, 5.41) is 3.52. The van der Waals surface area contributed by atoms with Crippen LogP contribution < -0.4 is 5.32 Å². The molecular formula is C12H27N. The molecule has 0 saturated heterocycles. The van der Waals surface area contributed by atoms with Crippen molar-refractivity contribution in [3.05, 3.63) is 0 Å². The molecular weight excluding hydrogens is 158 g/mol. The van der Waals surface area contributed by atoms with E-state index in [1.54, 1.807) is 0 Å². The molecule has 0 fully saturated rings. The summed E-state index contributed by atoms with van der Waals surface area (Å²) in [5.74, 6) is 0. The molecule has 0 aliphatic heterocycles. The lowest BCUT2D eigenvalue weighted by Crippen LogP contribution is -2.28. The monoisotopic (exact) mass is 185 g/mol. The lowest BCUT2D eigenvalue weighted by Gasteiger charge is -2.20. The largest absolute Gasteiger partial charge is 0.314 e. The minimum atomic E-state index is 0.504. The molecule has 1 nitrogen and oxygen atoms in total. The van der Waals surface area contributed by atoms with Crippen molar-refractivity contribution in [2.24, 2.45) is 5.41 Å². The normalized spacial score (nSPS) is 14.5. The van der Waals surface area contributed by atoms with Crippen LogP contribution in [0, 0.1) is 5.41 Å². The van der Waals surface area contributed by atoms with Gasteiger partial charge in [0.2, 0.25) is 0 Å². The second-order valence-electron chi connectivity index (χ2n) is 5.12. The van der Waals surface area contributed by atoms with Gasteiger partial charge in [0.1, 0.15) is 0 Å². The first-order valence-electron chi connectivity index (χ1n) is 5.73. The van der Waals surface area contributed by atoms with E-state index in [1.165, 1.54) is 25.7 Å². The van der Waals surface area contributed by atoms with Gasteiger partial charge in [0.25, 0.3) is 0 Å². The molecule has 1 N–H and O–H groups in total.